The van der Waals surface area contributed by atoms with Crippen molar-refractivity contribution in [3.8, 4) is 0 Å². The summed E-state index contributed by atoms with van der Waals surface area (Å²) in [6.45, 7) is 3.09. The fourth-order valence-electron chi connectivity index (χ4n) is 6.36. The number of para-hydroxylation sites is 3. The van der Waals surface area contributed by atoms with Gasteiger partial charge in [-0.3, -0.25) is 14.2 Å². The molecule has 0 saturated carbocycles. The number of amides is 1. The summed E-state index contributed by atoms with van der Waals surface area (Å²) in [6, 6.07) is 14.6. The first-order chi connectivity index (χ1) is 20.5. The molecular formula is C32H35N3O7. The first-order valence-electron chi connectivity index (χ1n) is 14.6. The minimum atomic E-state index is -0.774. The molecule has 10 heteroatoms. The zero-order chi connectivity index (χ0) is 29.2. The highest BCUT2D eigenvalue weighted by Crippen LogP contribution is 2.39. The molecule has 4 aromatic rings. The third-order valence-electron chi connectivity index (χ3n) is 8.43. The van der Waals surface area contributed by atoms with Crippen molar-refractivity contribution in [3.05, 3.63) is 92.9 Å². The Bertz CT molecular complexity index is 1730. The van der Waals surface area contributed by atoms with Crippen molar-refractivity contribution in [2.24, 2.45) is 5.92 Å². The summed E-state index contributed by atoms with van der Waals surface area (Å²) in [5.41, 5.74) is 2.25. The first-order valence-corrected chi connectivity index (χ1v) is 14.6. The number of nitrogens with zero attached hydrogens (tertiary/aromatic N) is 2. The van der Waals surface area contributed by atoms with E-state index < -0.39 is 12.2 Å². The van der Waals surface area contributed by atoms with Gasteiger partial charge in [0.15, 0.2) is 11.2 Å². The van der Waals surface area contributed by atoms with E-state index in [0.717, 1.165) is 11.0 Å². The van der Waals surface area contributed by atoms with Crippen LogP contribution in [0, 0.1) is 5.92 Å². The normalized spacial score (nSPS) is 21.4. The SMILES string of the molecule is CCO[C@H]1OC(C(=O)N2CCC(n3c(=O)[nH]c4ccccc43)CC2)=C[C@@H](c2coc3ccccc3c2=O)[C@H]1CCCO. The van der Waals surface area contributed by atoms with Crippen LogP contribution in [0.3, 0.4) is 0 Å². The molecule has 1 fully saturated rings. The minimum absolute atomic E-state index is 0.0155. The van der Waals surface area contributed by atoms with Crippen LogP contribution in [0.2, 0.25) is 0 Å². The molecule has 0 bridgehead atoms. The summed E-state index contributed by atoms with van der Waals surface area (Å²) in [7, 11) is 0. The Balaban J connectivity index is 1.29. The molecule has 2 aliphatic rings. The van der Waals surface area contributed by atoms with Gasteiger partial charge in [-0.2, -0.15) is 0 Å². The van der Waals surface area contributed by atoms with Gasteiger partial charge < -0.3 is 28.9 Å². The van der Waals surface area contributed by atoms with E-state index in [1.165, 1.54) is 6.26 Å². The van der Waals surface area contributed by atoms with Crippen molar-refractivity contribution in [1.82, 2.24) is 14.5 Å². The molecule has 2 aromatic heterocycles. The Morgan fingerprint density at radius 1 is 1.10 bits per heavy atom. The van der Waals surface area contributed by atoms with E-state index in [1.807, 2.05) is 37.3 Å². The van der Waals surface area contributed by atoms with E-state index in [9.17, 15) is 19.5 Å². The van der Waals surface area contributed by atoms with Gasteiger partial charge in [0.25, 0.3) is 5.91 Å². The lowest BCUT2D eigenvalue weighted by molar-refractivity contribution is -0.170. The number of aliphatic hydroxyl groups is 1. The van der Waals surface area contributed by atoms with Crippen molar-refractivity contribution < 1.29 is 23.8 Å². The predicted octanol–water partition coefficient (Wildman–Crippen LogP) is 4.05. The molecule has 2 aromatic carbocycles. The number of imidazole rings is 1. The molecular weight excluding hydrogens is 538 g/mol. The van der Waals surface area contributed by atoms with E-state index in [2.05, 4.69) is 4.98 Å². The first kappa shape index (κ1) is 28.0. The molecule has 4 heterocycles. The number of fused-ring (bicyclic) bond motifs is 2. The van der Waals surface area contributed by atoms with Crippen molar-refractivity contribution >= 4 is 27.9 Å². The molecule has 2 N–H and O–H groups in total. The number of carbonyl (C=O) groups is 1. The molecule has 0 radical (unpaired) electrons. The topological polar surface area (TPSA) is 127 Å². The van der Waals surface area contributed by atoms with Crippen LogP contribution < -0.4 is 11.1 Å². The van der Waals surface area contributed by atoms with E-state index in [-0.39, 0.29) is 41.4 Å². The molecule has 1 saturated heterocycles. The van der Waals surface area contributed by atoms with Gasteiger partial charge in [-0.15, -0.1) is 0 Å². The lowest BCUT2D eigenvalue weighted by Gasteiger charge is -2.38. The van der Waals surface area contributed by atoms with Crippen LogP contribution >= 0.6 is 0 Å². The van der Waals surface area contributed by atoms with Crippen molar-refractivity contribution in [1.29, 1.82) is 0 Å². The van der Waals surface area contributed by atoms with Gasteiger partial charge in [0.2, 0.25) is 6.29 Å². The number of likely N-dealkylation sites (tertiary alicyclic amines) is 1. The van der Waals surface area contributed by atoms with Gasteiger partial charge in [-0.05, 0) is 62.9 Å². The molecule has 220 valence electrons. The van der Waals surface area contributed by atoms with Gasteiger partial charge in [0.1, 0.15) is 5.58 Å². The molecule has 2 aliphatic heterocycles. The number of aromatic nitrogens is 2. The zero-order valence-electron chi connectivity index (χ0n) is 23.5. The van der Waals surface area contributed by atoms with Crippen molar-refractivity contribution in [3.63, 3.8) is 0 Å². The Morgan fingerprint density at radius 2 is 1.86 bits per heavy atom. The van der Waals surface area contributed by atoms with Gasteiger partial charge in [0.05, 0.1) is 22.7 Å². The van der Waals surface area contributed by atoms with Gasteiger partial charge in [0, 0.05) is 49.7 Å². The third-order valence-corrected chi connectivity index (χ3v) is 8.43. The fraction of sp³-hybridized carbons (Fsp3) is 0.406. The molecule has 3 atom stereocenters. The Labute approximate surface area is 242 Å². The van der Waals surface area contributed by atoms with Crippen LogP contribution in [0.1, 0.15) is 50.1 Å². The summed E-state index contributed by atoms with van der Waals surface area (Å²) in [5, 5.41) is 10.0. The number of rotatable bonds is 8. The number of nitrogens with one attached hydrogen (secondary N) is 1. The van der Waals surface area contributed by atoms with E-state index in [0.29, 0.717) is 61.9 Å². The summed E-state index contributed by atoms with van der Waals surface area (Å²) < 4.78 is 19.8. The maximum atomic E-state index is 13.8. The molecule has 42 heavy (non-hydrogen) atoms. The molecule has 0 spiro atoms. The Hall–Kier alpha value is -4.15. The van der Waals surface area contributed by atoms with Crippen LogP contribution in [0.15, 0.2) is 80.6 Å². The zero-order valence-corrected chi connectivity index (χ0v) is 23.5. The Kier molecular flexibility index (Phi) is 7.99. The molecule has 6 rings (SSSR count). The van der Waals surface area contributed by atoms with E-state index >= 15 is 0 Å². The molecule has 10 nitrogen and oxygen atoms in total. The fourth-order valence-corrected chi connectivity index (χ4v) is 6.36. The predicted molar refractivity (Wildman–Crippen MR) is 157 cm³/mol. The van der Waals surface area contributed by atoms with Crippen LogP contribution in [-0.4, -0.2) is 58.1 Å². The number of carbonyl (C=O) groups excluding carboxylic acids is 1. The smallest absolute Gasteiger partial charge is 0.326 e. The van der Waals surface area contributed by atoms with Crippen LogP contribution in [0.4, 0.5) is 0 Å². The lowest BCUT2D eigenvalue weighted by Crippen LogP contribution is -2.44. The monoisotopic (exact) mass is 573 g/mol. The average molecular weight is 574 g/mol. The number of benzene rings is 2. The maximum absolute atomic E-state index is 13.8. The highest BCUT2D eigenvalue weighted by Gasteiger charge is 2.40. The summed E-state index contributed by atoms with van der Waals surface area (Å²) in [5.74, 6) is -0.963. The number of aliphatic hydroxyl groups excluding tert-OH is 1. The van der Waals surface area contributed by atoms with Crippen molar-refractivity contribution in [2.45, 2.75) is 50.9 Å². The highest BCUT2D eigenvalue weighted by molar-refractivity contribution is 5.92. The lowest BCUT2D eigenvalue weighted by atomic mass is 9.80. The van der Waals surface area contributed by atoms with Crippen LogP contribution in [0.25, 0.3) is 22.0 Å². The second-order valence-electron chi connectivity index (χ2n) is 10.9. The van der Waals surface area contributed by atoms with Gasteiger partial charge >= 0.3 is 5.69 Å². The second kappa shape index (κ2) is 12.0. The average Bonchev–Trinajstić information content (AvgIpc) is 3.36. The number of piperidine rings is 1. The number of allylic oxidation sites excluding steroid dienone is 1. The molecule has 0 aliphatic carbocycles. The largest absolute Gasteiger partial charge is 0.464 e. The highest BCUT2D eigenvalue weighted by atomic mass is 16.7. The number of hydrogen-bond donors (Lipinski definition) is 2. The van der Waals surface area contributed by atoms with Crippen LogP contribution in [0.5, 0.6) is 0 Å². The Morgan fingerprint density at radius 3 is 2.64 bits per heavy atom. The number of hydrogen-bond acceptors (Lipinski definition) is 7. The summed E-state index contributed by atoms with van der Waals surface area (Å²) in [4.78, 5) is 44.8. The third kappa shape index (κ3) is 5.16. The second-order valence-corrected chi connectivity index (χ2v) is 10.9. The maximum Gasteiger partial charge on any atom is 0.326 e. The minimum Gasteiger partial charge on any atom is -0.464 e. The quantitative estimate of drug-likeness (QED) is 0.326. The van der Waals surface area contributed by atoms with E-state index in [1.54, 1.807) is 33.7 Å². The molecule has 0 unspecified atom stereocenters. The van der Waals surface area contributed by atoms with Crippen LogP contribution in [-0.2, 0) is 14.3 Å². The summed E-state index contributed by atoms with van der Waals surface area (Å²) in [6.07, 6.45) is 4.67. The van der Waals surface area contributed by atoms with Gasteiger partial charge in [-0.1, -0.05) is 24.3 Å². The number of H-pyrrole nitrogens is 1. The number of ether oxygens (including phenoxy) is 2. The van der Waals surface area contributed by atoms with Gasteiger partial charge in [-0.25, -0.2) is 4.79 Å². The standard InChI is InChI=1S/C32H35N3O7/c1-2-40-31-21(9-7-17-36)23(24-19-41-27-12-6-3-8-22(27)29(24)37)18-28(42-31)30(38)34-15-13-20(14-16-34)35-26-11-5-4-10-25(26)33-32(35)39/h3-6,8,10-12,18-21,23,31,36H,2,7,9,13-17H2,1H3,(H,33,39)/t21-,23-,31+/m1/s1. The number of aromatic amines is 1. The van der Waals surface area contributed by atoms with E-state index in [4.69, 9.17) is 13.9 Å². The molecule has 1 amide bonds. The van der Waals surface area contributed by atoms with Crippen molar-refractivity contribution in [2.75, 3.05) is 26.3 Å². The summed E-state index contributed by atoms with van der Waals surface area (Å²) >= 11 is 0.